The number of benzene rings is 2. The molecular formula is C18H26. The molecule has 0 aromatic heterocycles. The fraction of sp³-hybridized carbons (Fsp3) is 0.333. The second-order valence-electron chi connectivity index (χ2n) is 4.22. The summed E-state index contributed by atoms with van der Waals surface area (Å²) in [6, 6.07) is 20.8. The van der Waals surface area contributed by atoms with Gasteiger partial charge in [0.1, 0.15) is 0 Å². The summed E-state index contributed by atoms with van der Waals surface area (Å²) in [6.45, 7) is 10.5. The minimum absolute atomic E-state index is 0.659. The fourth-order valence-electron chi connectivity index (χ4n) is 1.37. The average molecular weight is 242 g/mol. The molecule has 18 heavy (non-hydrogen) atoms. The quantitative estimate of drug-likeness (QED) is 0.590. The van der Waals surface area contributed by atoms with Crippen molar-refractivity contribution in [3.63, 3.8) is 0 Å². The van der Waals surface area contributed by atoms with Gasteiger partial charge in [0.25, 0.3) is 0 Å². The van der Waals surface area contributed by atoms with Gasteiger partial charge in [0, 0.05) is 0 Å². The van der Waals surface area contributed by atoms with E-state index in [2.05, 4.69) is 57.2 Å². The van der Waals surface area contributed by atoms with Gasteiger partial charge in [-0.2, -0.15) is 0 Å². The first-order chi connectivity index (χ1) is 8.70. The molecule has 0 saturated carbocycles. The van der Waals surface area contributed by atoms with Crippen molar-refractivity contribution in [2.24, 2.45) is 0 Å². The first-order valence-electron chi connectivity index (χ1n) is 6.76. The molecule has 0 saturated heterocycles. The van der Waals surface area contributed by atoms with Crippen LogP contribution in [0.1, 0.15) is 44.7 Å². The lowest BCUT2D eigenvalue weighted by Gasteiger charge is -2.01. The van der Waals surface area contributed by atoms with E-state index < -0.39 is 0 Å². The maximum atomic E-state index is 2.20. The van der Waals surface area contributed by atoms with Crippen LogP contribution in [0.2, 0.25) is 0 Å². The van der Waals surface area contributed by atoms with Gasteiger partial charge < -0.3 is 0 Å². The molecule has 0 atom stereocenters. The Kier molecular flexibility index (Phi) is 9.67. The number of hydrogen-bond donors (Lipinski definition) is 0. The minimum atomic E-state index is 0.659. The van der Waals surface area contributed by atoms with Crippen LogP contribution >= 0.6 is 0 Å². The standard InChI is InChI=1S/C9H12.C7H8.C2H6/c1-8(2)9-6-4-3-5-7-9;1-7-5-3-2-4-6-7;1-2/h3-8H,1-2H3;2-6H,1H3;1-2H3. The first-order valence-corrected chi connectivity index (χ1v) is 6.76. The van der Waals surface area contributed by atoms with E-state index >= 15 is 0 Å². The third kappa shape index (κ3) is 7.67. The Hall–Kier alpha value is -1.56. The third-order valence-corrected chi connectivity index (χ3v) is 2.41. The summed E-state index contributed by atoms with van der Waals surface area (Å²) >= 11 is 0. The van der Waals surface area contributed by atoms with Crippen LogP contribution in [0.25, 0.3) is 0 Å². The lowest BCUT2D eigenvalue weighted by molar-refractivity contribution is 0.867. The van der Waals surface area contributed by atoms with Gasteiger partial charge in [-0.05, 0) is 18.4 Å². The highest BCUT2D eigenvalue weighted by atomic mass is 14.0. The Labute approximate surface area is 113 Å². The number of aryl methyl sites for hydroxylation is 1. The zero-order valence-electron chi connectivity index (χ0n) is 12.4. The number of rotatable bonds is 1. The molecule has 0 N–H and O–H groups in total. The minimum Gasteiger partial charge on any atom is -0.0683 e. The maximum Gasteiger partial charge on any atom is -0.0219 e. The predicted molar refractivity (Wildman–Crippen MR) is 83.1 cm³/mol. The van der Waals surface area contributed by atoms with Crippen LogP contribution < -0.4 is 0 Å². The topological polar surface area (TPSA) is 0 Å². The molecule has 0 nitrogen and oxygen atoms in total. The van der Waals surface area contributed by atoms with Crippen molar-refractivity contribution in [1.82, 2.24) is 0 Å². The van der Waals surface area contributed by atoms with E-state index in [4.69, 9.17) is 0 Å². The second-order valence-corrected chi connectivity index (χ2v) is 4.22. The molecule has 0 bridgehead atoms. The molecule has 0 aliphatic heterocycles. The highest BCUT2D eigenvalue weighted by Crippen LogP contribution is 2.11. The molecule has 0 aliphatic rings. The Morgan fingerprint density at radius 2 is 1.06 bits per heavy atom. The molecule has 0 heteroatoms. The van der Waals surface area contributed by atoms with Crippen molar-refractivity contribution in [2.75, 3.05) is 0 Å². The van der Waals surface area contributed by atoms with Crippen LogP contribution in [0.3, 0.4) is 0 Å². The summed E-state index contributed by atoms with van der Waals surface area (Å²) in [6.07, 6.45) is 0. The summed E-state index contributed by atoms with van der Waals surface area (Å²) in [5, 5.41) is 0. The van der Waals surface area contributed by atoms with Crippen LogP contribution in [0, 0.1) is 6.92 Å². The van der Waals surface area contributed by atoms with Crippen LogP contribution in [0.4, 0.5) is 0 Å². The molecule has 0 aliphatic carbocycles. The Morgan fingerprint density at radius 1 is 0.667 bits per heavy atom. The third-order valence-electron chi connectivity index (χ3n) is 2.41. The lowest BCUT2D eigenvalue weighted by atomic mass is 10.0. The Balaban J connectivity index is 0.000000289. The van der Waals surface area contributed by atoms with E-state index in [-0.39, 0.29) is 0 Å². The molecule has 2 aromatic carbocycles. The van der Waals surface area contributed by atoms with Crippen molar-refractivity contribution >= 4 is 0 Å². The van der Waals surface area contributed by atoms with Crippen LogP contribution in [-0.4, -0.2) is 0 Å². The number of hydrogen-bond acceptors (Lipinski definition) is 0. The molecule has 0 radical (unpaired) electrons. The highest BCUT2D eigenvalue weighted by molar-refractivity contribution is 5.17. The van der Waals surface area contributed by atoms with Gasteiger partial charge in [-0.25, -0.2) is 0 Å². The maximum absolute atomic E-state index is 2.20. The Morgan fingerprint density at radius 3 is 1.28 bits per heavy atom. The van der Waals surface area contributed by atoms with E-state index in [0.717, 1.165) is 0 Å². The fourth-order valence-corrected chi connectivity index (χ4v) is 1.37. The zero-order valence-corrected chi connectivity index (χ0v) is 12.4. The molecule has 0 fully saturated rings. The molecule has 98 valence electrons. The summed E-state index contributed by atoms with van der Waals surface area (Å²) in [5.74, 6) is 0.659. The summed E-state index contributed by atoms with van der Waals surface area (Å²) in [7, 11) is 0. The van der Waals surface area contributed by atoms with E-state index in [1.807, 2.05) is 38.1 Å². The molecular weight excluding hydrogens is 216 g/mol. The zero-order chi connectivity index (χ0) is 13.8. The van der Waals surface area contributed by atoms with Gasteiger partial charge in [0.15, 0.2) is 0 Å². The van der Waals surface area contributed by atoms with E-state index in [9.17, 15) is 0 Å². The largest absolute Gasteiger partial charge is 0.0683 e. The highest BCUT2D eigenvalue weighted by Gasteiger charge is 1.93. The molecule has 2 aromatic rings. The molecule has 2 rings (SSSR count). The van der Waals surface area contributed by atoms with Gasteiger partial charge in [0.2, 0.25) is 0 Å². The van der Waals surface area contributed by atoms with Gasteiger partial charge in [-0.3, -0.25) is 0 Å². The van der Waals surface area contributed by atoms with Crippen LogP contribution in [0.15, 0.2) is 60.7 Å². The second kappa shape index (κ2) is 10.6. The predicted octanol–water partition coefficient (Wildman–Crippen LogP) is 5.83. The van der Waals surface area contributed by atoms with Crippen molar-refractivity contribution in [3.8, 4) is 0 Å². The van der Waals surface area contributed by atoms with Crippen molar-refractivity contribution in [3.05, 3.63) is 71.8 Å². The monoisotopic (exact) mass is 242 g/mol. The summed E-state index contributed by atoms with van der Waals surface area (Å²) in [5.41, 5.74) is 2.74. The van der Waals surface area contributed by atoms with Crippen LogP contribution in [0.5, 0.6) is 0 Å². The van der Waals surface area contributed by atoms with Crippen molar-refractivity contribution in [2.45, 2.75) is 40.5 Å². The summed E-state index contributed by atoms with van der Waals surface area (Å²) in [4.78, 5) is 0. The van der Waals surface area contributed by atoms with Crippen molar-refractivity contribution in [1.29, 1.82) is 0 Å². The first kappa shape index (κ1) is 16.4. The normalized spacial score (nSPS) is 8.78. The SMILES string of the molecule is CC.CC(C)c1ccccc1.Cc1ccccc1. The lowest BCUT2D eigenvalue weighted by Crippen LogP contribution is -1.83. The van der Waals surface area contributed by atoms with E-state index in [0.29, 0.717) is 5.92 Å². The van der Waals surface area contributed by atoms with Gasteiger partial charge in [-0.15, -0.1) is 0 Å². The van der Waals surface area contributed by atoms with Crippen molar-refractivity contribution < 1.29 is 0 Å². The Bertz CT molecular complexity index is 373. The van der Waals surface area contributed by atoms with Crippen LogP contribution in [-0.2, 0) is 0 Å². The molecule has 0 amide bonds. The molecule has 0 spiro atoms. The van der Waals surface area contributed by atoms with Gasteiger partial charge >= 0.3 is 0 Å². The van der Waals surface area contributed by atoms with Gasteiger partial charge in [-0.1, -0.05) is 93.9 Å². The van der Waals surface area contributed by atoms with Gasteiger partial charge in [0.05, 0.1) is 0 Å². The smallest absolute Gasteiger partial charge is 0.0219 e. The summed E-state index contributed by atoms with van der Waals surface area (Å²) < 4.78 is 0. The average Bonchev–Trinajstić information content (AvgIpc) is 2.43. The van der Waals surface area contributed by atoms with E-state index in [1.165, 1.54) is 11.1 Å². The molecule has 0 heterocycles. The van der Waals surface area contributed by atoms with E-state index in [1.54, 1.807) is 0 Å². The molecule has 0 unspecified atom stereocenters.